The Kier molecular flexibility index (Phi) is 4.45. The quantitative estimate of drug-likeness (QED) is 0.798. The lowest BCUT2D eigenvalue weighted by atomic mass is 10.1. The summed E-state index contributed by atoms with van der Waals surface area (Å²) >= 11 is 0. The van der Waals surface area contributed by atoms with Gasteiger partial charge >= 0.3 is 0 Å². The summed E-state index contributed by atoms with van der Waals surface area (Å²) in [5.41, 5.74) is 3.03. The van der Waals surface area contributed by atoms with E-state index in [1.807, 2.05) is 37.3 Å². The lowest BCUT2D eigenvalue weighted by Gasteiger charge is -2.28. The summed E-state index contributed by atoms with van der Waals surface area (Å²) in [5, 5.41) is 8.77. The van der Waals surface area contributed by atoms with Crippen LogP contribution in [0.2, 0.25) is 0 Å². The van der Waals surface area contributed by atoms with Crippen LogP contribution in [0.15, 0.2) is 36.4 Å². The first-order valence-electron chi connectivity index (χ1n) is 7.57. The number of ether oxygens (including phenoxy) is 1. The number of rotatable bonds is 2. The number of pyridine rings is 1. The second kappa shape index (κ2) is 6.85. The highest BCUT2D eigenvalue weighted by Crippen LogP contribution is 2.32. The molecule has 1 aromatic carbocycles. The second-order valence-corrected chi connectivity index (χ2v) is 5.34. The standard InChI is InChI=1S/C19H15N3O2/c1-14-4-2-5-16(21-14)8-6-15-7-9-18-17(12-15)22(11-3-10-20)19(23)13-24-18/h2,4-5,7,9,12H,3,11,13H2,1H3. The Bertz CT molecular complexity index is 887. The number of carbonyl (C=O) groups is 1. The zero-order valence-corrected chi connectivity index (χ0v) is 13.2. The van der Waals surface area contributed by atoms with Crippen LogP contribution in [0.25, 0.3) is 0 Å². The number of benzene rings is 1. The lowest BCUT2D eigenvalue weighted by molar-refractivity contribution is -0.121. The van der Waals surface area contributed by atoms with Crippen LogP contribution in [0.4, 0.5) is 5.69 Å². The van der Waals surface area contributed by atoms with E-state index >= 15 is 0 Å². The fourth-order valence-electron chi connectivity index (χ4n) is 2.44. The molecule has 118 valence electrons. The fourth-order valence-corrected chi connectivity index (χ4v) is 2.44. The first-order valence-corrected chi connectivity index (χ1v) is 7.57. The van der Waals surface area contributed by atoms with E-state index in [1.165, 1.54) is 0 Å². The molecule has 0 saturated heterocycles. The Hall–Kier alpha value is -3.31. The molecule has 0 atom stereocenters. The van der Waals surface area contributed by atoms with Gasteiger partial charge in [-0.3, -0.25) is 4.79 Å². The number of hydrogen-bond donors (Lipinski definition) is 0. The number of amides is 1. The molecule has 2 heterocycles. The SMILES string of the molecule is Cc1cccc(C#Cc2ccc3c(c2)N(CCC#N)C(=O)CO3)n1. The van der Waals surface area contributed by atoms with E-state index in [1.54, 1.807) is 11.0 Å². The zero-order valence-electron chi connectivity index (χ0n) is 13.2. The van der Waals surface area contributed by atoms with Gasteiger partial charge in [-0.15, -0.1) is 0 Å². The summed E-state index contributed by atoms with van der Waals surface area (Å²) in [5.74, 6) is 6.56. The van der Waals surface area contributed by atoms with Gasteiger partial charge in [0.1, 0.15) is 11.4 Å². The second-order valence-electron chi connectivity index (χ2n) is 5.34. The van der Waals surface area contributed by atoms with Crippen molar-refractivity contribution in [1.29, 1.82) is 5.26 Å². The average Bonchev–Trinajstić information content (AvgIpc) is 2.59. The van der Waals surface area contributed by atoms with Gasteiger partial charge in [0.25, 0.3) is 5.91 Å². The van der Waals surface area contributed by atoms with E-state index in [4.69, 9.17) is 10.00 Å². The van der Waals surface area contributed by atoms with Gasteiger partial charge in [-0.25, -0.2) is 4.98 Å². The maximum atomic E-state index is 12.0. The van der Waals surface area contributed by atoms with Crippen LogP contribution < -0.4 is 9.64 Å². The van der Waals surface area contributed by atoms with E-state index in [0.29, 0.717) is 23.7 Å². The van der Waals surface area contributed by atoms with Gasteiger partial charge in [-0.05, 0) is 43.2 Å². The van der Waals surface area contributed by atoms with Crippen molar-refractivity contribution in [3.05, 3.63) is 53.3 Å². The van der Waals surface area contributed by atoms with E-state index in [0.717, 1.165) is 11.3 Å². The van der Waals surface area contributed by atoms with Gasteiger partial charge in [-0.2, -0.15) is 5.26 Å². The van der Waals surface area contributed by atoms with Crippen molar-refractivity contribution >= 4 is 11.6 Å². The molecule has 0 aliphatic carbocycles. The first kappa shape index (κ1) is 15.6. The number of aromatic nitrogens is 1. The van der Waals surface area contributed by atoms with E-state index in [-0.39, 0.29) is 18.9 Å². The molecule has 1 aliphatic rings. The number of carbonyl (C=O) groups excluding carboxylic acids is 1. The normalized spacial score (nSPS) is 12.5. The number of nitrogens with zero attached hydrogens (tertiary/aromatic N) is 3. The largest absolute Gasteiger partial charge is 0.482 e. The van der Waals surface area contributed by atoms with Crippen LogP contribution in [0.3, 0.4) is 0 Å². The molecule has 1 aliphatic heterocycles. The Labute approximate surface area is 140 Å². The van der Waals surface area contributed by atoms with Crippen molar-refractivity contribution in [2.45, 2.75) is 13.3 Å². The zero-order chi connectivity index (χ0) is 16.9. The van der Waals surface area contributed by atoms with Crippen molar-refractivity contribution in [3.8, 4) is 23.7 Å². The summed E-state index contributed by atoms with van der Waals surface area (Å²) in [6.45, 7) is 2.26. The van der Waals surface area contributed by atoms with Crippen LogP contribution in [0, 0.1) is 30.1 Å². The molecule has 1 aromatic heterocycles. The van der Waals surface area contributed by atoms with Crippen molar-refractivity contribution in [3.63, 3.8) is 0 Å². The molecule has 0 unspecified atom stereocenters. The molecule has 0 spiro atoms. The smallest absolute Gasteiger partial charge is 0.265 e. The molecule has 0 saturated carbocycles. The number of aryl methyl sites for hydroxylation is 1. The molecule has 24 heavy (non-hydrogen) atoms. The van der Waals surface area contributed by atoms with Crippen molar-refractivity contribution in [2.75, 3.05) is 18.1 Å². The molecule has 2 aromatic rings. The number of hydrogen-bond acceptors (Lipinski definition) is 4. The van der Waals surface area contributed by atoms with E-state index in [9.17, 15) is 4.79 Å². The molecule has 0 N–H and O–H groups in total. The maximum absolute atomic E-state index is 12.0. The third-order valence-electron chi connectivity index (χ3n) is 3.57. The summed E-state index contributed by atoms with van der Waals surface area (Å²) < 4.78 is 5.44. The predicted octanol–water partition coefficient (Wildman–Crippen LogP) is 2.43. The first-order chi connectivity index (χ1) is 11.7. The lowest BCUT2D eigenvalue weighted by Crippen LogP contribution is -2.39. The van der Waals surface area contributed by atoms with Crippen LogP contribution in [-0.2, 0) is 4.79 Å². The Morgan fingerprint density at radius 3 is 2.96 bits per heavy atom. The topological polar surface area (TPSA) is 66.2 Å². The van der Waals surface area contributed by atoms with Crippen LogP contribution in [0.1, 0.15) is 23.4 Å². The van der Waals surface area contributed by atoms with Crippen molar-refractivity contribution < 1.29 is 9.53 Å². The minimum atomic E-state index is -0.150. The van der Waals surface area contributed by atoms with Gasteiger partial charge in [-0.1, -0.05) is 12.0 Å². The molecule has 5 heteroatoms. The molecular weight excluding hydrogens is 302 g/mol. The highest BCUT2D eigenvalue weighted by molar-refractivity contribution is 5.98. The average molecular weight is 317 g/mol. The van der Waals surface area contributed by atoms with Gasteiger partial charge in [0.15, 0.2) is 6.61 Å². The Balaban J connectivity index is 1.91. The van der Waals surface area contributed by atoms with Gasteiger partial charge in [0.05, 0.1) is 18.2 Å². The monoisotopic (exact) mass is 317 g/mol. The van der Waals surface area contributed by atoms with E-state index < -0.39 is 0 Å². The van der Waals surface area contributed by atoms with Gasteiger partial charge < -0.3 is 9.64 Å². The molecule has 0 radical (unpaired) electrons. The van der Waals surface area contributed by atoms with Crippen LogP contribution in [0.5, 0.6) is 5.75 Å². The summed E-state index contributed by atoms with van der Waals surface area (Å²) in [6, 6.07) is 13.2. The van der Waals surface area contributed by atoms with Crippen LogP contribution in [-0.4, -0.2) is 24.0 Å². The van der Waals surface area contributed by atoms with Gasteiger partial charge in [0.2, 0.25) is 0 Å². The molecule has 3 rings (SSSR count). The Morgan fingerprint density at radius 1 is 1.29 bits per heavy atom. The highest BCUT2D eigenvalue weighted by Gasteiger charge is 2.25. The summed E-state index contributed by atoms with van der Waals surface area (Å²) in [7, 11) is 0. The highest BCUT2D eigenvalue weighted by atomic mass is 16.5. The number of fused-ring (bicyclic) bond motifs is 1. The Morgan fingerprint density at radius 2 is 2.17 bits per heavy atom. The van der Waals surface area contributed by atoms with E-state index in [2.05, 4.69) is 22.9 Å². The van der Waals surface area contributed by atoms with Crippen LogP contribution >= 0.6 is 0 Å². The third kappa shape index (κ3) is 3.37. The minimum absolute atomic E-state index is 0.00331. The minimum Gasteiger partial charge on any atom is -0.482 e. The third-order valence-corrected chi connectivity index (χ3v) is 3.57. The summed E-state index contributed by atoms with van der Waals surface area (Å²) in [6.07, 6.45) is 0.272. The number of anilines is 1. The van der Waals surface area contributed by atoms with Crippen molar-refractivity contribution in [2.24, 2.45) is 0 Å². The number of nitriles is 1. The van der Waals surface area contributed by atoms with Crippen molar-refractivity contribution in [1.82, 2.24) is 4.98 Å². The molecule has 5 nitrogen and oxygen atoms in total. The fraction of sp³-hybridized carbons (Fsp3) is 0.211. The van der Waals surface area contributed by atoms with Gasteiger partial charge in [0, 0.05) is 17.8 Å². The summed E-state index contributed by atoms with van der Waals surface area (Å²) in [4.78, 5) is 18.0. The predicted molar refractivity (Wildman–Crippen MR) is 89.5 cm³/mol. The molecule has 0 bridgehead atoms. The maximum Gasteiger partial charge on any atom is 0.265 e. The molecule has 0 fully saturated rings. The molecule has 1 amide bonds. The molecular formula is C19H15N3O2.